The highest BCUT2D eigenvalue weighted by Gasteiger charge is 2.04. The predicted molar refractivity (Wildman–Crippen MR) is 61.9 cm³/mol. The molecule has 0 bridgehead atoms. The molecule has 2 heteroatoms. The maximum atomic E-state index is 4.56. The molecule has 0 aliphatic rings. The summed E-state index contributed by atoms with van der Waals surface area (Å²) in [6.45, 7) is 9.55. The first-order valence-electron chi connectivity index (χ1n) is 5.42. The molecule has 0 aliphatic heterocycles. The second-order valence-electron chi connectivity index (χ2n) is 3.82. The standard InChI is InChI=1S/C12H20N2/c1-5-10-7-11(9(3)4)14-12(8-10)13-6-2/h7-9H,5-6H2,1-4H3,(H,13,14). The molecule has 0 fully saturated rings. The van der Waals surface area contributed by atoms with Crippen LogP contribution in [0.15, 0.2) is 12.1 Å². The minimum Gasteiger partial charge on any atom is -0.370 e. The van der Waals surface area contributed by atoms with Crippen LogP contribution in [-0.2, 0) is 6.42 Å². The van der Waals surface area contributed by atoms with Gasteiger partial charge in [-0.2, -0.15) is 0 Å². The van der Waals surface area contributed by atoms with Gasteiger partial charge in [0.2, 0.25) is 0 Å². The molecule has 0 aliphatic carbocycles. The molecule has 0 amide bonds. The van der Waals surface area contributed by atoms with Gasteiger partial charge in [0.1, 0.15) is 5.82 Å². The lowest BCUT2D eigenvalue weighted by molar-refractivity contribution is 0.818. The maximum Gasteiger partial charge on any atom is 0.126 e. The Hall–Kier alpha value is -1.05. The summed E-state index contributed by atoms with van der Waals surface area (Å²) in [5.74, 6) is 1.51. The molecule has 1 rings (SSSR count). The molecule has 0 radical (unpaired) electrons. The van der Waals surface area contributed by atoms with Crippen LogP contribution in [0.1, 0.15) is 44.9 Å². The van der Waals surface area contributed by atoms with Gasteiger partial charge in [-0.05, 0) is 37.0 Å². The van der Waals surface area contributed by atoms with Gasteiger partial charge < -0.3 is 5.32 Å². The van der Waals surface area contributed by atoms with Crippen molar-refractivity contribution in [3.8, 4) is 0 Å². The first-order chi connectivity index (χ1) is 6.67. The number of anilines is 1. The van der Waals surface area contributed by atoms with Crippen molar-refractivity contribution in [2.24, 2.45) is 0 Å². The molecular weight excluding hydrogens is 172 g/mol. The van der Waals surface area contributed by atoms with Gasteiger partial charge in [0.05, 0.1) is 0 Å². The topological polar surface area (TPSA) is 24.9 Å². The predicted octanol–water partition coefficient (Wildman–Crippen LogP) is 3.20. The zero-order chi connectivity index (χ0) is 10.6. The van der Waals surface area contributed by atoms with E-state index in [0.29, 0.717) is 5.92 Å². The van der Waals surface area contributed by atoms with E-state index in [1.807, 2.05) is 0 Å². The second-order valence-corrected chi connectivity index (χ2v) is 3.82. The van der Waals surface area contributed by atoms with Crippen molar-refractivity contribution >= 4 is 5.82 Å². The first-order valence-corrected chi connectivity index (χ1v) is 5.42. The number of hydrogen-bond acceptors (Lipinski definition) is 2. The van der Waals surface area contributed by atoms with Crippen molar-refractivity contribution < 1.29 is 0 Å². The Balaban J connectivity index is 3.00. The molecule has 1 aromatic heterocycles. The summed E-state index contributed by atoms with van der Waals surface area (Å²) in [6, 6.07) is 4.33. The molecule has 0 aromatic carbocycles. The maximum absolute atomic E-state index is 4.56. The minimum absolute atomic E-state index is 0.499. The van der Waals surface area contributed by atoms with Gasteiger partial charge in [0, 0.05) is 12.2 Å². The summed E-state index contributed by atoms with van der Waals surface area (Å²) in [5, 5.41) is 3.27. The molecule has 1 heterocycles. The van der Waals surface area contributed by atoms with Crippen LogP contribution in [0.3, 0.4) is 0 Å². The highest BCUT2D eigenvalue weighted by atomic mass is 15.0. The van der Waals surface area contributed by atoms with E-state index in [2.05, 4.69) is 50.1 Å². The Bertz CT molecular complexity index is 292. The van der Waals surface area contributed by atoms with Crippen LogP contribution in [0.2, 0.25) is 0 Å². The average molecular weight is 192 g/mol. The number of aromatic nitrogens is 1. The zero-order valence-corrected chi connectivity index (χ0v) is 9.59. The van der Waals surface area contributed by atoms with Crippen LogP contribution in [0.5, 0.6) is 0 Å². The largest absolute Gasteiger partial charge is 0.370 e. The van der Waals surface area contributed by atoms with E-state index in [9.17, 15) is 0 Å². The Kier molecular flexibility index (Phi) is 3.93. The first kappa shape index (κ1) is 11.0. The number of hydrogen-bond donors (Lipinski definition) is 1. The van der Waals surface area contributed by atoms with Gasteiger partial charge in [-0.25, -0.2) is 4.98 Å². The third-order valence-electron chi connectivity index (χ3n) is 2.26. The van der Waals surface area contributed by atoms with E-state index < -0.39 is 0 Å². The van der Waals surface area contributed by atoms with E-state index in [-0.39, 0.29) is 0 Å². The lowest BCUT2D eigenvalue weighted by atomic mass is 10.1. The van der Waals surface area contributed by atoms with Crippen LogP contribution >= 0.6 is 0 Å². The fraction of sp³-hybridized carbons (Fsp3) is 0.583. The van der Waals surface area contributed by atoms with Gasteiger partial charge in [-0.3, -0.25) is 0 Å². The lowest BCUT2D eigenvalue weighted by Gasteiger charge is -2.10. The fourth-order valence-electron chi connectivity index (χ4n) is 1.38. The molecule has 0 unspecified atom stereocenters. The summed E-state index contributed by atoms with van der Waals surface area (Å²) >= 11 is 0. The normalized spacial score (nSPS) is 10.6. The number of nitrogens with one attached hydrogen (secondary N) is 1. The third-order valence-corrected chi connectivity index (χ3v) is 2.26. The Morgan fingerprint density at radius 2 is 2.00 bits per heavy atom. The molecule has 78 valence electrons. The average Bonchev–Trinajstić information content (AvgIpc) is 2.17. The summed E-state index contributed by atoms with van der Waals surface area (Å²) in [6.07, 6.45) is 1.07. The monoisotopic (exact) mass is 192 g/mol. The van der Waals surface area contributed by atoms with Crippen molar-refractivity contribution in [3.63, 3.8) is 0 Å². The van der Waals surface area contributed by atoms with Gasteiger partial charge in [0.25, 0.3) is 0 Å². The Labute approximate surface area is 86.8 Å². The van der Waals surface area contributed by atoms with Gasteiger partial charge >= 0.3 is 0 Å². The summed E-state index contributed by atoms with van der Waals surface area (Å²) < 4.78 is 0. The molecule has 2 nitrogen and oxygen atoms in total. The quantitative estimate of drug-likeness (QED) is 0.792. The van der Waals surface area contributed by atoms with Crippen molar-refractivity contribution in [2.75, 3.05) is 11.9 Å². The fourth-order valence-corrected chi connectivity index (χ4v) is 1.38. The van der Waals surface area contributed by atoms with E-state index in [1.165, 1.54) is 11.3 Å². The lowest BCUT2D eigenvalue weighted by Crippen LogP contribution is -2.03. The highest BCUT2D eigenvalue weighted by molar-refractivity contribution is 5.40. The number of rotatable bonds is 4. The molecule has 0 spiro atoms. The van der Waals surface area contributed by atoms with Gasteiger partial charge in [-0.1, -0.05) is 20.8 Å². The van der Waals surface area contributed by atoms with Crippen molar-refractivity contribution in [1.82, 2.24) is 4.98 Å². The smallest absolute Gasteiger partial charge is 0.126 e. The molecule has 1 N–H and O–H groups in total. The van der Waals surface area contributed by atoms with Crippen LogP contribution in [0.4, 0.5) is 5.82 Å². The number of nitrogens with zero attached hydrogens (tertiary/aromatic N) is 1. The van der Waals surface area contributed by atoms with Crippen LogP contribution in [-0.4, -0.2) is 11.5 Å². The van der Waals surface area contributed by atoms with E-state index >= 15 is 0 Å². The minimum atomic E-state index is 0.499. The Morgan fingerprint density at radius 1 is 1.29 bits per heavy atom. The van der Waals surface area contributed by atoms with Crippen molar-refractivity contribution in [3.05, 3.63) is 23.4 Å². The molecule has 0 saturated heterocycles. The molecule has 1 aromatic rings. The number of aryl methyl sites for hydroxylation is 1. The summed E-state index contributed by atoms with van der Waals surface area (Å²) in [4.78, 5) is 4.56. The van der Waals surface area contributed by atoms with Gasteiger partial charge in [0.15, 0.2) is 0 Å². The SMILES string of the molecule is CCNc1cc(CC)cc(C(C)C)n1. The van der Waals surface area contributed by atoms with Crippen LogP contribution in [0, 0.1) is 0 Å². The summed E-state index contributed by atoms with van der Waals surface area (Å²) in [5.41, 5.74) is 2.54. The summed E-state index contributed by atoms with van der Waals surface area (Å²) in [7, 11) is 0. The van der Waals surface area contributed by atoms with E-state index in [0.717, 1.165) is 18.8 Å². The Morgan fingerprint density at radius 3 is 2.50 bits per heavy atom. The number of pyridine rings is 1. The molecule has 0 atom stereocenters. The van der Waals surface area contributed by atoms with Gasteiger partial charge in [-0.15, -0.1) is 0 Å². The molecule has 0 saturated carbocycles. The molecule has 14 heavy (non-hydrogen) atoms. The van der Waals surface area contributed by atoms with Crippen LogP contribution < -0.4 is 5.32 Å². The molecular formula is C12H20N2. The highest BCUT2D eigenvalue weighted by Crippen LogP contribution is 2.17. The third kappa shape index (κ3) is 2.72. The van der Waals surface area contributed by atoms with Crippen molar-refractivity contribution in [1.29, 1.82) is 0 Å². The van der Waals surface area contributed by atoms with E-state index in [4.69, 9.17) is 0 Å². The van der Waals surface area contributed by atoms with E-state index in [1.54, 1.807) is 0 Å². The van der Waals surface area contributed by atoms with Crippen LogP contribution in [0.25, 0.3) is 0 Å². The van der Waals surface area contributed by atoms with Crippen molar-refractivity contribution in [2.45, 2.75) is 40.0 Å². The zero-order valence-electron chi connectivity index (χ0n) is 9.59. The second kappa shape index (κ2) is 4.99.